The van der Waals surface area contributed by atoms with Crippen LogP contribution >= 0.6 is 61.5 Å². The van der Waals surface area contributed by atoms with Crippen LogP contribution in [-0.4, -0.2) is 23.8 Å². The SMILES string of the molecule is C=CCOc1c(I)cc(Br)cc1/C=c1\sc2n(c1=O)[C@H](c1ccc(Cl)cc1)C(C(=O)OCC)=C(c1ccccc1)N=2. The fourth-order valence-electron chi connectivity index (χ4n) is 4.52. The number of nitrogens with zero attached hydrogens (tertiary/aromatic N) is 2. The molecule has 0 spiro atoms. The smallest absolute Gasteiger partial charge is 0.338 e. The maximum atomic E-state index is 14.1. The van der Waals surface area contributed by atoms with E-state index in [1.165, 1.54) is 11.3 Å². The molecule has 0 unspecified atom stereocenters. The average Bonchev–Trinajstić information content (AvgIpc) is 3.27. The van der Waals surface area contributed by atoms with E-state index in [9.17, 15) is 9.59 Å². The van der Waals surface area contributed by atoms with E-state index in [4.69, 9.17) is 26.1 Å². The van der Waals surface area contributed by atoms with Crippen molar-refractivity contribution in [2.75, 3.05) is 13.2 Å². The van der Waals surface area contributed by atoms with Crippen LogP contribution in [0.1, 0.15) is 29.7 Å². The molecule has 0 saturated carbocycles. The van der Waals surface area contributed by atoms with Gasteiger partial charge >= 0.3 is 5.97 Å². The molecule has 4 aromatic rings. The molecule has 10 heteroatoms. The second-order valence-corrected chi connectivity index (χ2v) is 12.4. The zero-order valence-corrected chi connectivity index (χ0v) is 27.1. The lowest BCUT2D eigenvalue weighted by atomic mass is 9.93. The summed E-state index contributed by atoms with van der Waals surface area (Å²) in [6, 6.07) is 19.6. The summed E-state index contributed by atoms with van der Waals surface area (Å²) in [6.45, 7) is 5.99. The largest absolute Gasteiger partial charge is 0.488 e. The van der Waals surface area contributed by atoms with E-state index in [0.29, 0.717) is 38.0 Å². The summed E-state index contributed by atoms with van der Waals surface area (Å²) in [4.78, 5) is 33.0. The molecule has 0 saturated heterocycles. The number of hydrogen-bond acceptors (Lipinski definition) is 6. The Labute approximate surface area is 267 Å². The number of carbonyl (C=O) groups excluding carboxylic acids is 1. The van der Waals surface area contributed by atoms with Crippen molar-refractivity contribution >= 4 is 79.2 Å². The van der Waals surface area contributed by atoms with Gasteiger partial charge in [-0.1, -0.05) is 94.0 Å². The van der Waals surface area contributed by atoms with Crippen molar-refractivity contribution in [2.24, 2.45) is 4.99 Å². The van der Waals surface area contributed by atoms with E-state index in [-0.39, 0.29) is 17.7 Å². The Balaban J connectivity index is 1.82. The maximum absolute atomic E-state index is 14.1. The number of halogens is 3. The Hall–Kier alpha value is -2.99. The molecular formula is C31H23BrClIN2O4S. The molecular weight excluding hydrogens is 739 g/mol. The molecule has 6 nitrogen and oxygen atoms in total. The highest BCUT2D eigenvalue weighted by Crippen LogP contribution is 2.36. The maximum Gasteiger partial charge on any atom is 0.338 e. The van der Waals surface area contributed by atoms with Gasteiger partial charge in [-0.25, -0.2) is 9.79 Å². The van der Waals surface area contributed by atoms with Crippen LogP contribution in [0.2, 0.25) is 5.02 Å². The van der Waals surface area contributed by atoms with Crippen molar-refractivity contribution in [3.63, 3.8) is 0 Å². The highest BCUT2D eigenvalue weighted by Gasteiger charge is 2.35. The molecule has 2 heterocycles. The van der Waals surface area contributed by atoms with E-state index in [1.54, 1.807) is 35.8 Å². The van der Waals surface area contributed by atoms with Crippen LogP contribution in [0.25, 0.3) is 11.8 Å². The number of benzene rings is 3. The lowest BCUT2D eigenvalue weighted by Gasteiger charge is -2.26. The molecule has 1 aliphatic heterocycles. The number of carbonyl (C=O) groups is 1. The lowest BCUT2D eigenvalue weighted by molar-refractivity contribution is -0.138. The number of ether oxygens (including phenoxy) is 2. The van der Waals surface area contributed by atoms with Gasteiger partial charge in [-0.15, -0.1) is 0 Å². The topological polar surface area (TPSA) is 69.9 Å². The number of rotatable bonds is 8. The highest BCUT2D eigenvalue weighted by atomic mass is 127. The Bertz CT molecular complexity index is 1850. The molecule has 5 rings (SSSR count). The van der Waals surface area contributed by atoms with Gasteiger partial charge in [0, 0.05) is 20.6 Å². The number of hydrogen-bond donors (Lipinski definition) is 0. The molecule has 1 atom stereocenters. The molecule has 0 bridgehead atoms. The lowest BCUT2D eigenvalue weighted by Crippen LogP contribution is -2.40. The second kappa shape index (κ2) is 12.9. The van der Waals surface area contributed by atoms with Gasteiger partial charge in [-0.05, 0) is 65.4 Å². The molecule has 0 aliphatic carbocycles. The van der Waals surface area contributed by atoms with Crippen LogP contribution in [-0.2, 0) is 9.53 Å². The third kappa shape index (κ3) is 6.13. The fourth-order valence-corrected chi connectivity index (χ4v) is 7.35. The van der Waals surface area contributed by atoms with Crippen molar-refractivity contribution in [3.05, 3.63) is 134 Å². The average molecular weight is 762 g/mol. The second-order valence-electron chi connectivity index (χ2n) is 8.89. The molecule has 3 aromatic carbocycles. The first-order chi connectivity index (χ1) is 19.8. The number of aromatic nitrogens is 1. The number of esters is 1. The minimum absolute atomic E-state index is 0.178. The third-order valence-corrected chi connectivity index (χ3v) is 8.72. The summed E-state index contributed by atoms with van der Waals surface area (Å²) in [5.41, 5.74) is 2.64. The Morgan fingerprint density at radius 2 is 1.93 bits per heavy atom. The predicted octanol–water partition coefficient (Wildman–Crippen LogP) is 6.52. The molecule has 208 valence electrons. The molecule has 0 N–H and O–H groups in total. The molecule has 0 radical (unpaired) electrons. The van der Waals surface area contributed by atoms with Gasteiger partial charge < -0.3 is 9.47 Å². The highest BCUT2D eigenvalue weighted by molar-refractivity contribution is 14.1. The van der Waals surface area contributed by atoms with Crippen molar-refractivity contribution < 1.29 is 14.3 Å². The molecule has 1 aromatic heterocycles. The minimum atomic E-state index is -0.779. The fraction of sp³-hybridized carbons (Fsp3) is 0.129. The van der Waals surface area contributed by atoms with Crippen LogP contribution in [0.4, 0.5) is 0 Å². The summed E-state index contributed by atoms with van der Waals surface area (Å²) in [5, 5.41) is 0.544. The normalized spacial score (nSPS) is 14.8. The van der Waals surface area contributed by atoms with Gasteiger partial charge in [0.05, 0.1) is 32.0 Å². The summed E-state index contributed by atoms with van der Waals surface area (Å²) in [5.74, 6) is 0.108. The van der Waals surface area contributed by atoms with Gasteiger partial charge in [-0.2, -0.15) is 0 Å². The van der Waals surface area contributed by atoms with Crippen molar-refractivity contribution in [2.45, 2.75) is 13.0 Å². The summed E-state index contributed by atoms with van der Waals surface area (Å²) in [6.07, 6.45) is 3.47. The van der Waals surface area contributed by atoms with E-state index in [2.05, 4.69) is 45.1 Å². The van der Waals surface area contributed by atoms with Gasteiger partial charge in [-0.3, -0.25) is 9.36 Å². The van der Waals surface area contributed by atoms with Crippen LogP contribution in [0.5, 0.6) is 5.75 Å². The molecule has 41 heavy (non-hydrogen) atoms. The quantitative estimate of drug-likeness (QED) is 0.117. The van der Waals surface area contributed by atoms with Crippen LogP contribution in [0.3, 0.4) is 0 Å². The first kappa shape index (κ1) is 29.5. The number of fused-ring (bicyclic) bond motifs is 1. The minimum Gasteiger partial charge on any atom is -0.488 e. The van der Waals surface area contributed by atoms with E-state index < -0.39 is 12.0 Å². The first-order valence-electron chi connectivity index (χ1n) is 12.6. The zero-order chi connectivity index (χ0) is 29.1. The van der Waals surface area contributed by atoms with Gasteiger partial charge in [0.25, 0.3) is 5.56 Å². The molecule has 0 amide bonds. The van der Waals surface area contributed by atoms with Crippen molar-refractivity contribution in [1.29, 1.82) is 0 Å². The van der Waals surface area contributed by atoms with Gasteiger partial charge in [0.1, 0.15) is 12.4 Å². The molecule has 0 fully saturated rings. The molecule has 1 aliphatic rings. The zero-order valence-electron chi connectivity index (χ0n) is 21.8. The van der Waals surface area contributed by atoms with E-state index in [0.717, 1.165) is 19.2 Å². The number of thiazole rings is 1. The predicted molar refractivity (Wildman–Crippen MR) is 175 cm³/mol. The Morgan fingerprint density at radius 1 is 1.20 bits per heavy atom. The summed E-state index contributed by atoms with van der Waals surface area (Å²) in [7, 11) is 0. The Morgan fingerprint density at radius 3 is 2.61 bits per heavy atom. The first-order valence-corrected chi connectivity index (χ1v) is 15.7. The third-order valence-electron chi connectivity index (χ3n) is 6.23. The standard InChI is InChI=1S/C31H23BrClIN2O4S/c1-3-14-40-28-20(15-21(32)17-23(28)34)16-24-29(37)36-27(19-10-12-22(33)13-11-19)25(30(38)39-4-2)26(35-31(36)41-24)18-8-6-5-7-9-18/h3,5-13,15-17,27H,1,4,14H2,2H3/b24-16-/t27-/m1/s1. The van der Waals surface area contributed by atoms with Crippen molar-refractivity contribution in [1.82, 2.24) is 4.57 Å². The van der Waals surface area contributed by atoms with E-state index >= 15 is 0 Å². The van der Waals surface area contributed by atoms with Crippen molar-refractivity contribution in [3.8, 4) is 5.75 Å². The van der Waals surface area contributed by atoms with Crippen LogP contribution < -0.4 is 19.6 Å². The van der Waals surface area contributed by atoms with Gasteiger partial charge in [0.2, 0.25) is 0 Å². The Kier molecular flexibility index (Phi) is 9.28. The van der Waals surface area contributed by atoms with Gasteiger partial charge in [0.15, 0.2) is 4.80 Å². The monoisotopic (exact) mass is 760 g/mol. The van der Waals surface area contributed by atoms with E-state index in [1.807, 2.05) is 54.6 Å². The summed E-state index contributed by atoms with van der Waals surface area (Å²) < 4.78 is 15.2. The van der Waals surface area contributed by atoms with Crippen LogP contribution in [0, 0.1) is 3.57 Å². The summed E-state index contributed by atoms with van der Waals surface area (Å²) >= 11 is 13.2. The van der Waals surface area contributed by atoms with Crippen LogP contribution in [0.15, 0.2) is 99.2 Å².